The van der Waals surface area contributed by atoms with Gasteiger partial charge in [-0.3, -0.25) is 0 Å². The highest BCUT2D eigenvalue weighted by Crippen LogP contribution is 2.20. The summed E-state index contributed by atoms with van der Waals surface area (Å²) in [5.74, 6) is 0.634. The molecule has 0 unspecified atom stereocenters. The molecule has 18 heavy (non-hydrogen) atoms. The fourth-order valence-corrected chi connectivity index (χ4v) is 1.83. The summed E-state index contributed by atoms with van der Waals surface area (Å²) in [5.41, 5.74) is 6.83. The average molecular weight is 248 g/mol. The van der Waals surface area contributed by atoms with Crippen molar-refractivity contribution in [3.8, 4) is 0 Å². The van der Waals surface area contributed by atoms with Crippen LogP contribution in [-0.2, 0) is 20.1 Å². The van der Waals surface area contributed by atoms with Gasteiger partial charge in [-0.1, -0.05) is 6.07 Å². The largest absolute Gasteiger partial charge is 0.365 e. The summed E-state index contributed by atoms with van der Waals surface area (Å²) in [6.07, 6.45) is 3.61. The zero-order valence-electron chi connectivity index (χ0n) is 10.6. The van der Waals surface area contributed by atoms with E-state index in [-0.39, 0.29) is 5.82 Å². The lowest BCUT2D eigenvalue weighted by atomic mass is 10.2. The third-order valence-corrected chi connectivity index (χ3v) is 2.96. The van der Waals surface area contributed by atoms with Gasteiger partial charge in [0.15, 0.2) is 0 Å². The maximum atomic E-state index is 13.9. The fourth-order valence-electron chi connectivity index (χ4n) is 1.83. The van der Waals surface area contributed by atoms with Crippen LogP contribution in [0.2, 0.25) is 0 Å². The predicted molar refractivity (Wildman–Crippen MR) is 69.6 cm³/mol. The number of anilines is 1. The van der Waals surface area contributed by atoms with E-state index in [4.69, 9.17) is 5.73 Å². The molecule has 2 rings (SSSR count). The lowest BCUT2D eigenvalue weighted by Crippen LogP contribution is -2.20. The minimum atomic E-state index is -0.255. The summed E-state index contributed by atoms with van der Waals surface area (Å²) in [5, 5.41) is 0. The van der Waals surface area contributed by atoms with Crippen molar-refractivity contribution in [2.24, 2.45) is 12.8 Å². The second kappa shape index (κ2) is 5.18. The molecule has 96 valence electrons. The summed E-state index contributed by atoms with van der Waals surface area (Å²) in [4.78, 5) is 6.05. The Kier molecular flexibility index (Phi) is 3.62. The van der Waals surface area contributed by atoms with E-state index in [1.807, 2.05) is 35.8 Å². The van der Waals surface area contributed by atoms with Gasteiger partial charge in [0.1, 0.15) is 11.6 Å². The van der Waals surface area contributed by atoms with E-state index in [2.05, 4.69) is 4.98 Å². The number of aromatic nitrogens is 2. The van der Waals surface area contributed by atoms with Gasteiger partial charge in [-0.2, -0.15) is 0 Å². The van der Waals surface area contributed by atoms with Crippen LogP contribution in [0.4, 0.5) is 10.1 Å². The zero-order chi connectivity index (χ0) is 13.1. The molecule has 0 saturated heterocycles. The molecular weight excluding hydrogens is 231 g/mol. The van der Waals surface area contributed by atoms with Crippen LogP contribution in [0.3, 0.4) is 0 Å². The van der Waals surface area contributed by atoms with Crippen molar-refractivity contribution in [2.45, 2.75) is 13.1 Å². The minimum absolute atomic E-state index is 0.255. The van der Waals surface area contributed by atoms with Gasteiger partial charge in [0.2, 0.25) is 0 Å². The summed E-state index contributed by atoms with van der Waals surface area (Å²) in [7, 11) is 3.76. The van der Waals surface area contributed by atoms with Gasteiger partial charge in [0.25, 0.3) is 0 Å². The van der Waals surface area contributed by atoms with Crippen molar-refractivity contribution in [1.82, 2.24) is 9.55 Å². The SMILES string of the molecule is CN(Cc1nccn1C)c1ccc(CN)cc1F. The normalized spacial score (nSPS) is 10.7. The zero-order valence-corrected chi connectivity index (χ0v) is 10.6. The van der Waals surface area contributed by atoms with Crippen molar-refractivity contribution >= 4 is 5.69 Å². The van der Waals surface area contributed by atoms with E-state index in [0.29, 0.717) is 18.8 Å². The molecule has 0 aliphatic carbocycles. The van der Waals surface area contributed by atoms with Gasteiger partial charge in [0.05, 0.1) is 12.2 Å². The molecule has 2 aromatic rings. The molecule has 0 aliphatic rings. The Hall–Kier alpha value is -1.88. The first-order valence-electron chi connectivity index (χ1n) is 5.77. The molecule has 1 aromatic heterocycles. The Morgan fingerprint density at radius 2 is 2.22 bits per heavy atom. The first-order valence-corrected chi connectivity index (χ1v) is 5.77. The Balaban J connectivity index is 2.19. The van der Waals surface area contributed by atoms with E-state index in [0.717, 1.165) is 11.4 Å². The molecule has 2 N–H and O–H groups in total. The summed E-state index contributed by atoms with van der Waals surface area (Å²) in [6.45, 7) is 0.905. The van der Waals surface area contributed by atoms with Crippen molar-refractivity contribution in [3.63, 3.8) is 0 Å². The van der Waals surface area contributed by atoms with Crippen LogP contribution in [0.1, 0.15) is 11.4 Å². The lowest BCUT2D eigenvalue weighted by Gasteiger charge is -2.20. The molecule has 5 heteroatoms. The Morgan fingerprint density at radius 3 is 2.78 bits per heavy atom. The lowest BCUT2D eigenvalue weighted by molar-refractivity contribution is 0.617. The van der Waals surface area contributed by atoms with E-state index >= 15 is 0 Å². The molecule has 1 aromatic carbocycles. The number of nitrogens with zero attached hydrogens (tertiary/aromatic N) is 3. The average Bonchev–Trinajstić information content (AvgIpc) is 2.74. The molecule has 0 bridgehead atoms. The molecule has 0 saturated carbocycles. The highest BCUT2D eigenvalue weighted by Gasteiger charge is 2.10. The van der Waals surface area contributed by atoms with Crippen LogP contribution in [-0.4, -0.2) is 16.6 Å². The van der Waals surface area contributed by atoms with Crippen molar-refractivity contribution in [2.75, 3.05) is 11.9 Å². The third-order valence-electron chi connectivity index (χ3n) is 2.96. The van der Waals surface area contributed by atoms with E-state index in [1.165, 1.54) is 6.07 Å². The van der Waals surface area contributed by atoms with Gasteiger partial charge in [-0.15, -0.1) is 0 Å². The highest BCUT2D eigenvalue weighted by molar-refractivity contribution is 5.48. The number of imidazole rings is 1. The minimum Gasteiger partial charge on any atom is -0.365 e. The van der Waals surface area contributed by atoms with E-state index < -0.39 is 0 Å². The number of aryl methyl sites for hydroxylation is 1. The number of rotatable bonds is 4. The Labute approximate surface area is 106 Å². The number of nitrogens with two attached hydrogens (primary N) is 1. The molecule has 0 radical (unpaired) electrons. The second-order valence-electron chi connectivity index (χ2n) is 4.30. The maximum absolute atomic E-state index is 13.9. The monoisotopic (exact) mass is 248 g/mol. The highest BCUT2D eigenvalue weighted by atomic mass is 19.1. The third kappa shape index (κ3) is 2.51. The molecule has 0 fully saturated rings. The van der Waals surface area contributed by atoms with Crippen LogP contribution >= 0.6 is 0 Å². The van der Waals surface area contributed by atoms with Crippen LogP contribution in [0.5, 0.6) is 0 Å². The van der Waals surface area contributed by atoms with Crippen LogP contribution in [0.25, 0.3) is 0 Å². The van der Waals surface area contributed by atoms with Crippen LogP contribution in [0.15, 0.2) is 30.6 Å². The summed E-state index contributed by atoms with van der Waals surface area (Å²) < 4.78 is 15.8. The first kappa shape index (κ1) is 12.6. The van der Waals surface area contributed by atoms with Gasteiger partial charge in [-0.25, -0.2) is 9.37 Å². The van der Waals surface area contributed by atoms with Gasteiger partial charge >= 0.3 is 0 Å². The second-order valence-corrected chi connectivity index (χ2v) is 4.30. The summed E-state index contributed by atoms with van der Waals surface area (Å²) in [6, 6.07) is 5.07. The number of halogens is 1. The van der Waals surface area contributed by atoms with Crippen molar-refractivity contribution in [1.29, 1.82) is 0 Å². The Morgan fingerprint density at radius 1 is 1.44 bits per heavy atom. The quantitative estimate of drug-likeness (QED) is 0.895. The first-order chi connectivity index (χ1) is 8.61. The van der Waals surface area contributed by atoms with E-state index in [1.54, 1.807) is 12.3 Å². The molecule has 0 amide bonds. The number of hydrogen-bond donors (Lipinski definition) is 1. The standard InChI is InChI=1S/C13H17FN4/c1-17-6-5-16-13(17)9-18(2)12-4-3-10(8-15)7-11(12)14/h3-7H,8-9,15H2,1-2H3. The smallest absolute Gasteiger partial charge is 0.146 e. The van der Waals surface area contributed by atoms with E-state index in [9.17, 15) is 4.39 Å². The Bertz CT molecular complexity index is 536. The van der Waals surface area contributed by atoms with Crippen LogP contribution in [0, 0.1) is 5.82 Å². The number of benzene rings is 1. The van der Waals surface area contributed by atoms with Crippen molar-refractivity contribution in [3.05, 3.63) is 47.8 Å². The fraction of sp³-hybridized carbons (Fsp3) is 0.308. The molecule has 0 spiro atoms. The molecule has 0 atom stereocenters. The maximum Gasteiger partial charge on any atom is 0.146 e. The number of hydrogen-bond acceptors (Lipinski definition) is 3. The van der Waals surface area contributed by atoms with Crippen molar-refractivity contribution < 1.29 is 4.39 Å². The molecular formula is C13H17FN4. The molecule has 1 heterocycles. The van der Waals surface area contributed by atoms with Gasteiger partial charge < -0.3 is 15.2 Å². The topological polar surface area (TPSA) is 47.1 Å². The molecule has 0 aliphatic heterocycles. The van der Waals surface area contributed by atoms with Gasteiger partial charge in [-0.05, 0) is 17.7 Å². The van der Waals surface area contributed by atoms with Crippen LogP contribution < -0.4 is 10.6 Å². The van der Waals surface area contributed by atoms with Gasteiger partial charge in [0, 0.05) is 33.0 Å². The summed E-state index contributed by atoms with van der Waals surface area (Å²) >= 11 is 0. The predicted octanol–water partition coefficient (Wildman–Crippen LogP) is 1.65. The molecule has 4 nitrogen and oxygen atoms in total.